The molecule has 2 saturated heterocycles. The normalized spacial score (nSPS) is 17.4. The third-order valence-corrected chi connectivity index (χ3v) is 8.37. The van der Waals surface area contributed by atoms with Crippen molar-refractivity contribution >= 4 is 23.3 Å². The quantitative estimate of drug-likeness (QED) is 0.535. The number of likely N-dealkylation sites (tertiary alicyclic amines) is 1. The first-order valence-corrected chi connectivity index (χ1v) is 13.6. The van der Waals surface area contributed by atoms with Crippen LogP contribution in [0.25, 0.3) is 0 Å². The van der Waals surface area contributed by atoms with Gasteiger partial charge in [0.15, 0.2) is 0 Å². The third kappa shape index (κ3) is 4.69. The second-order valence-corrected chi connectivity index (χ2v) is 10.8. The summed E-state index contributed by atoms with van der Waals surface area (Å²) in [5.41, 5.74) is 4.15. The highest BCUT2D eigenvalue weighted by Crippen LogP contribution is 2.46. The summed E-state index contributed by atoms with van der Waals surface area (Å²) in [6, 6.07) is 17.0. The number of pyridine rings is 1. The van der Waals surface area contributed by atoms with Crippen LogP contribution in [0.5, 0.6) is 5.75 Å². The predicted octanol–water partition coefficient (Wildman–Crippen LogP) is 4.68. The molecule has 8 nitrogen and oxygen atoms in total. The molecule has 198 valence electrons. The number of aromatic nitrogens is 1. The number of amides is 2. The summed E-state index contributed by atoms with van der Waals surface area (Å²) in [6.07, 6.45) is 5.55. The van der Waals surface area contributed by atoms with E-state index in [1.54, 1.807) is 18.3 Å². The molecule has 3 aliphatic rings. The van der Waals surface area contributed by atoms with Crippen molar-refractivity contribution in [2.45, 2.75) is 38.0 Å². The first-order valence-electron chi connectivity index (χ1n) is 13.6. The summed E-state index contributed by atoms with van der Waals surface area (Å²) in [6.45, 7) is 5.73. The number of hydrogen-bond acceptors (Lipinski definition) is 6. The van der Waals surface area contributed by atoms with Crippen LogP contribution in [0, 0.1) is 18.3 Å². The molecule has 1 N–H and O–H groups in total. The van der Waals surface area contributed by atoms with E-state index in [9.17, 15) is 14.9 Å². The lowest BCUT2D eigenvalue weighted by Gasteiger charge is -2.38. The van der Waals surface area contributed by atoms with E-state index in [-0.39, 0.29) is 17.2 Å². The Morgan fingerprint density at radius 3 is 2.49 bits per heavy atom. The minimum absolute atomic E-state index is 0.0454. The summed E-state index contributed by atoms with van der Waals surface area (Å²) in [7, 11) is 0. The molecule has 2 amide bonds. The monoisotopic (exact) mass is 521 g/mol. The number of carbonyl (C=O) groups is 2. The zero-order valence-electron chi connectivity index (χ0n) is 22.1. The Balaban J connectivity index is 1.12. The Morgan fingerprint density at radius 1 is 1.00 bits per heavy atom. The zero-order chi connectivity index (χ0) is 27.0. The summed E-state index contributed by atoms with van der Waals surface area (Å²) >= 11 is 0. The van der Waals surface area contributed by atoms with Gasteiger partial charge in [0.2, 0.25) is 0 Å². The molecule has 8 heteroatoms. The van der Waals surface area contributed by atoms with Crippen molar-refractivity contribution in [1.29, 1.82) is 5.26 Å². The molecule has 0 atom stereocenters. The molecule has 0 aliphatic carbocycles. The molecule has 2 aromatic carbocycles. The second-order valence-electron chi connectivity index (χ2n) is 10.8. The molecule has 3 aliphatic heterocycles. The number of benzene rings is 2. The van der Waals surface area contributed by atoms with E-state index >= 15 is 0 Å². The van der Waals surface area contributed by atoms with Crippen molar-refractivity contribution in [1.82, 2.24) is 9.88 Å². The smallest absolute Gasteiger partial charge is 0.257 e. The van der Waals surface area contributed by atoms with Gasteiger partial charge in [-0.15, -0.1) is 0 Å². The van der Waals surface area contributed by atoms with E-state index in [0.717, 1.165) is 48.6 Å². The third-order valence-electron chi connectivity index (χ3n) is 8.37. The molecule has 0 radical (unpaired) electrons. The van der Waals surface area contributed by atoms with Gasteiger partial charge in [-0.05, 0) is 74.6 Å². The maximum Gasteiger partial charge on any atom is 0.257 e. The summed E-state index contributed by atoms with van der Waals surface area (Å²) < 4.78 is 5.95. The van der Waals surface area contributed by atoms with Gasteiger partial charge in [-0.2, -0.15) is 5.26 Å². The number of nitriles is 1. The average Bonchev–Trinajstić information content (AvgIpc) is 3.63. The number of hydrogen-bond donors (Lipinski definition) is 1. The second kappa shape index (κ2) is 10.1. The summed E-state index contributed by atoms with van der Waals surface area (Å²) in [5.74, 6) is 1.39. The number of ether oxygens (including phenoxy) is 1. The van der Waals surface area contributed by atoms with E-state index in [1.807, 2.05) is 48.2 Å². The van der Waals surface area contributed by atoms with Crippen LogP contribution in [-0.2, 0) is 5.41 Å². The highest BCUT2D eigenvalue weighted by atomic mass is 16.5. The molecule has 39 heavy (non-hydrogen) atoms. The number of rotatable bonds is 4. The van der Waals surface area contributed by atoms with Crippen molar-refractivity contribution < 1.29 is 14.3 Å². The molecule has 3 aromatic rings. The molecule has 4 heterocycles. The molecular formula is C31H31N5O3. The lowest BCUT2D eigenvalue weighted by Crippen LogP contribution is -2.46. The predicted molar refractivity (Wildman–Crippen MR) is 148 cm³/mol. The number of carbonyl (C=O) groups excluding carboxylic acids is 2. The highest BCUT2D eigenvalue weighted by molar-refractivity contribution is 6.05. The molecule has 1 aromatic heterocycles. The zero-order valence-corrected chi connectivity index (χ0v) is 22.1. The number of aryl methyl sites for hydroxylation is 1. The number of piperidine rings is 1. The van der Waals surface area contributed by atoms with Crippen LogP contribution in [-0.4, -0.2) is 54.5 Å². The van der Waals surface area contributed by atoms with Gasteiger partial charge in [0.05, 0.1) is 23.8 Å². The van der Waals surface area contributed by atoms with Gasteiger partial charge in [0.1, 0.15) is 11.6 Å². The van der Waals surface area contributed by atoms with E-state index in [1.165, 1.54) is 12.8 Å². The Morgan fingerprint density at radius 2 is 1.77 bits per heavy atom. The van der Waals surface area contributed by atoms with Crippen LogP contribution in [0.2, 0.25) is 0 Å². The van der Waals surface area contributed by atoms with Gasteiger partial charge >= 0.3 is 0 Å². The van der Waals surface area contributed by atoms with Gasteiger partial charge < -0.3 is 19.9 Å². The number of nitrogens with one attached hydrogen (secondary N) is 1. The lowest BCUT2D eigenvalue weighted by molar-refractivity contribution is 0.0646. The van der Waals surface area contributed by atoms with Gasteiger partial charge in [-0.1, -0.05) is 12.1 Å². The number of fused-ring (bicyclic) bond motifs is 2. The maximum absolute atomic E-state index is 13.4. The lowest BCUT2D eigenvalue weighted by atomic mass is 9.74. The maximum atomic E-state index is 13.4. The Kier molecular flexibility index (Phi) is 6.43. The van der Waals surface area contributed by atoms with Crippen molar-refractivity contribution in [2.75, 3.05) is 43.0 Å². The fourth-order valence-corrected chi connectivity index (χ4v) is 5.92. The average molecular weight is 522 g/mol. The van der Waals surface area contributed by atoms with E-state index < -0.39 is 0 Å². The van der Waals surface area contributed by atoms with E-state index in [0.29, 0.717) is 42.1 Å². The number of anilines is 2. The standard InChI is InChI=1S/C31H31N5O3/c1-21-4-6-23(17-26(21)34-29(37)24-7-9-28(33-19-24)35-12-2-3-13-35)30(38)36-14-10-31(11-15-36)20-39-27-16-22(18-32)5-8-25(27)31/h4-9,16-17,19H,2-3,10-15,20H2,1H3,(H,34,37). The van der Waals surface area contributed by atoms with Gasteiger partial charge in [0, 0.05) is 54.6 Å². The molecule has 6 rings (SSSR count). The minimum atomic E-state index is -0.248. The van der Waals surface area contributed by atoms with Crippen LogP contribution in [0.15, 0.2) is 54.7 Å². The fraction of sp³-hybridized carbons (Fsp3) is 0.355. The number of nitrogens with zero attached hydrogens (tertiary/aromatic N) is 4. The SMILES string of the molecule is Cc1ccc(C(=O)N2CCC3(CC2)COc2cc(C#N)ccc23)cc1NC(=O)c1ccc(N2CCCC2)nc1. The fourth-order valence-electron chi connectivity index (χ4n) is 5.92. The first-order chi connectivity index (χ1) is 19.0. The van der Waals surface area contributed by atoms with Crippen molar-refractivity contribution in [3.05, 3.63) is 82.5 Å². The Labute approximate surface area is 228 Å². The minimum Gasteiger partial charge on any atom is -0.492 e. The topological polar surface area (TPSA) is 98.6 Å². The largest absolute Gasteiger partial charge is 0.492 e. The molecule has 0 bridgehead atoms. The van der Waals surface area contributed by atoms with Crippen LogP contribution < -0.4 is 15.0 Å². The Bertz CT molecular complexity index is 1460. The van der Waals surface area contributed by atoms with Crippen molar-refractivity contribution in [3.63, 3.8) is 0 Å². The van der Waals surface area contributed by atoms with E-state index in [4.69, 9.17) is 4.74 Å². The van der Waals surface area contributed by atoms with E-state index in [2.05, 4.69) is 21.3 Å². The van der Waals surface area contributed by atoms with Gasteiger partial charge in [-0.25, -0.2) is 4.98 Å². The van der Waals surface area contributed by atoms with Crippen LogP contribution >= 0.6 is 0 Å². The van der Waals surface area contributed by atoms with Gasteiger partial charge in [-0.3, -0.25) is 9.59 Å². The summed E-state index contributed by atoms with van der Waals surface area (Å²) in [5, 5.41) is 12.2. The van der Waals surface area contributed by atoms with Crippen molar-refractivity contribution in [2.24, 2.45) is 0 Å². The van der Waals surface area contributed by atoms with Crippen LogP contribution in [0.1, 0.15) is 63.1 Å². The van der Waals surface area contributed by atoms with Crippen LogP contribution in [0.4, 0.5) is 11.5 Å². The summed E-state index contributed by atoms with van der Waals surface area (Å²) in [4.78, 5) is 35.0. The highest BCUT2D eigenvalue weighted by Gasteiger charge is 2.44. The molecule has 2 fully saturated rings. The first kappa shape index (κ1) is 24.9. The molecule has 1 spiro atoms. The van der Waals surface area contributed by atoms with Crippen molar-refractivity contribution in [3.8, 4) is 11.8 Å². The molecule has 0 saturated carbocycles. The Hall–Kier alpha value is -4.38. The molecular weight excluding hydrogens is 490 g/mol. The van der Waals surface area contributed by atoms with Crippen LogP contribution in [0.3, 0.4) is 0 Å². The van der Waals surface area contributed by atoms with Gasteiger partial charge in [0.25, 0.3) is 11.8 Å². The molecule has 0 unspecified atom stereocenters.